The van der Waals surface area contributed by atoms with E-state index in [9.17, 15) is 24.3 Å². The number of esters is 1. The number of amidine groups is 1. The Balaban J connectivity index is 1.29. The molecule has 0 aliphatic rings. The first-order chi connectivity index (χ1) is 25.0. The van der Waals surface area contributed by atoms with Gasteiger partial charge < -0.3 is 24.8 Å². The topological polar surface area (TPSA) is 175 Å². The van der Waals surface area contributed by atoms with Gasteiger partial charge in [0.15, 0.2) is 0 Å². The van der Waals surface area contributed by atoms with Crippen LogP contribution in [0.4, 0.5) is 11.4 Å². The number of nitrogens with one attached hydrogen (secondary N) is 2. The average Bonchev–Trinajstić information content (AvgIpc) is 3.13. The highest BCUT2D eigenvalue weighted by Gasteiger charge is 2.20. The number of hydrogen-bond donors (Lipinski definition) is 4. The zero-order valence-electron chi connectivity index (χ0n) is 29.5. The molecule has 4 aromatic carbocycles. The Kier molecular flexibility index (Phi) is 14.5. The lowest BCUT2D eigenvalue weighted by molar-refractivity contribution is -0.137. The molecule has 0 heterocycles. The number of carboxylic acid groups (broad SMARTS) is 1. The van der Waals surface area contributed by atoms with Crippen LogP contribution in [0.25, 0.3) is 0 Å². The fraction of sp³-hybridized carbons (Fsp3) is 0.275. The molecule has 52 heavy (non-hydrogen) atoms. The van der Waals surface area contributed by atoms with Crippen molar-refractivity contribution in [2.75, 3.05) is 23.5 Å². The Bertz CT molecular complexity index is 1810. The highest BCUT2D eigenvalue weighted by atomic mass is 16.5. The van der Waals surface area contributed by atoms with E-state index in [1.54, 1.807) is 91.9 Å². The highest BCUT2D eigenvalue weighted by molar-refractivity contribution is 5.97. The first kappa shape index (κ1) is 38.8. The summed E-state index contributed by atoms with van der Waals surface area (Å²) in [7, 11) is 0. The number of hydrogen-bond acceptors (Lipinski definition) is 8. The molecule has 0 saturated carbocycles. The van der Waals surface area contributed by atoms with Crippen LogP contribution in [-0.4, -0.2) is 52.7 Å². The molecule has 0 spiro atoms. The molecule has 2 amide bonds. The first-order valence-corrected chi connectivity index (χ1v) is 17.2. The number of carbonyl (C=O) groups is 4. The van der Waals surface area contributed by atoms with Crippen LogP contribution in [-0.2, 0) is 22.6 Å². The number of unbranched alkanes of at least 4 members (excludes halogenated alkanes) is 4. The largest absolute Gasteiger partial charge is 0.494 e. The second-order valence-electron chi connectivity index (χ2n) is 12.3. The number of rotatable bonds is 18. The second-order valence-corrected chi connectivity index (χ2v) is 12.3. The smallest absolute Gasteiger partial charge is 0.343 e. The summed E-state index contributed by atoms with van der Waals surface area (Å²) in [6.45, 7) is 3.84. The summed E-state index contributed by atoms with van der Waals surface area (Å²) in [5.74, 6) is 4.50. The van der Waals surface area contributed by atoms with Gasteiger partial charge in [-0.3, -0.25) is 24.8 Å². The Hall–Kier alpha value is -6.01. The Morgan fingerprint density at radius 1 is 0.769 bits per heavy atom. The zero-order chi connectivity index (χ0) is 37.5. The van der Waals surface area contributed by atoms with Gasteiger partial charge in [-0.05, 0) is 97.3 Å². The molecule has 0 radical (unpaired) electrons. The van der Waals surface area contributed by atoms with Gasteiger partial charge in [0.05, 0.1) is 24.3 Å². The molecular weight excluding hydrogens is 662 g/mol. The minimum atomic E-state index is -1.17. The number of nitrogens with zero attached hydrogens (tertiary/aromatic N) is 2. The number of aliphatic carboxylic acids is 1. The Labute approximate surface area is 303 Å². The summed E-state index contributed by atoms with van der Waals surface area (Å²) in [4.78, 5) is 51.5. The molecule has 0 aliphatic heterocycles. The molecule has 0 aliphatic carbocycles. The Morgan fingerprint density at radius 2 is 1.37 bits per heavy atom. The lowest BCUT2D eigenvalue weighted by Crippen LogP contribution is -2.35. The predicted molar refractivity (Wildman–Crippen MR) is 200 cm³/mol. The minimum Gasteiger partial charge on any atom is -0.494 e. The first-order valence-electron chi connectivity index (χ1n) is 17.2. The van der Waals surface area contributed by atoms with Crippen molar-refractivity contribution < 1.29 is 33.8 Å². The van der Waals surface area contributed by atoms with Gasteiger partial charge in [-0.2, -0.15) is 0 Å². The molecule has 0 bridgehead atoms. The van der Waals surface area contributed by atoms with Crippen molar-refractivity contribution in [2.45, 2.75) is 58.9 Å². The number of hydrazine groups is 1. The molecule has 272 valence electrons. The van der Waals surface area contributed by atoms with E-state index >= 15 is 0 Å². The molecule has 4 aromatic rings. The van der Waals surface area contributed by atoms with Gasteiger partial charge in [-0.1, -0.05) is 56.9 Å². The monoisotopic (exact) mass is 707 g/mol. The van der Waals surface area contributed by atoms with Crippen LogP contribution in [0.3, 0.4) is 0 Å². The SMILES string of the molecule is CCCCCCCOc1ccc(C(=O)Oc2ccc(CN(CC(=O)O)C(=O)c3ccc(NC(=O)Cc4ccc(N(N)C(C)=N)cc4)cc3)cc2)cc1. The second kappa shape index (κ2) is 19.4. The van der Waals surface area contributed by atoms with Crippen LogP contribution in [0, 0.1) is 5.41 Å². The van der Waals surface area contributed by atoms with Gasteiger partial charge in [0, 0.05) is 17.8 Å². The Morgan fingerprint density at radius 3 is 1.98 bits per heavy atom. The lowest BCUT2D eigenvalue weighted by atomic mass is 10.1. The number of carbonyl (C=O) groups excluding carboxylic acids is 3. The van der Waals surface area contributed by atoms with E-state index in [-0.39, 0.29) is 30.3 Å². The number of benzene rings is 4. The predicted octanol–water partition coefficient (Wildman–Crippen LogP) is 6.84. The number of carboxylic acids is 1. The van der Waals surface area contributed by atoms with Gasteiger partial charge in [-0.15, -0.1) is 0 Å². The molecule has 5 N–H and O–H groups in total. The van der Waals surface area contributed by atoms with Gasteiger partial charge in [0.25, 0.3) is 5.91 Å². The standard InChI is InChI=1S/C40H45N5O7/c1-3-4-5-6-7-24-51-35-22-14-32(15-23-35)40(50)52-36-20-10-30(11-21-36)26-44(27-38(47)48)39(49)31-12-16-33(17-13-31)43-37(46)25-29-8-18-34(19-9-29)45(42)28(2)41/h8-23,41H,3-7,24-27,42H2,1-2H3,(H,43,46)(H,47,48). The summed E-state index contributed by atoms with van der Waals surface area (Å²) in [5, 5.41) is 21.2. The molecular formula is C40H45N5O7. The third-order valence-corrected chi connectivity index (χ3v) is 8.08. The summed E-state index contributed by atoms with van der Waals surface area (Å²) in [6, 6.07) is 26.4. The van der Waals surface area contributed by atoms with Crippen molar-refractivity contribution in [1.29, 1.82) is 5.41 Å². The maximum absolute atomic E-state index is 13.4. The van der Waals surface area contributed by atoms with Crippen molar-refractivity contribution in [2.24, 2.45) is 5.84 Å². The highest BCUT2D eigenvalue weighted by Crippen LogP contribution is 2.20. The van der Waals surface area contributed by atoms with Gasteiger partial charge in [-0.25, -0.2) is 10.6 Å². The number of anilines is 2. The van der Waals surface area contributed by atoms with Gasteiger partial charge in [0.1, 0.15) is 23.9 Å². The van der Waals surface area contributed by atoms with Crippen molar-refractivity contribution in [3.63, 3.8) is 0 Å². The molecule has 4 rings (SSSR count). The summed E-state index contributed by atoms with van der Waals surface area (Å²) in [6.07, 6.45) is 5.83. The van der Waals surface area contributed by atoms with Crippen LogP contribution in [0.1, 0.15) is 77.8 Å². The lowest BCUT2D eigenvalue weighted by Gasteiger charge is -2.21. The van der Waals surface area contributed by atoms with Crippen LogP contribution >= 0.6 is 0 Å². The summed E-state index contributed by atoms with van der Waals surface area (Å²) >= 11 is 0. The minimum absolute atomic E-state index is 0.00197. The fourth-order valence-electron chi connectivity index (χ4n) is 5.23. The number of nitrogens with two attached hydrogens (primary N) is 1. The van der Waals surface area contributed by atoms with E-state index in [1.165, 1.54) is 41.3 Å². The third-order valence-electron chi connectivity index (χ3n) is 8.08. The van der Waals surface area contributed by atoms with Crippen LogP contribution in [0.15, 0.2) is 97.1 Å². The van der Waals surface area contributed by atoms with Crippen molar-refractivity contribution in [3.05, 3.63) is 119 Å². The molecule has 0 fully saturated rings. The van der Waals surface area contributed by atoms with Gasteiger partial charge >= 0.3 is 11.9 Å². The molecule has 0 unspecified atom stereocenters. The van der Waals surface area contributed by atoms with E-state index in [0.717, 1.165) is 18.4 Å². The molecule has 0 aromatic heterocycles. The van der Waals surface area contributed by atoms with Crippen LogP contribution in [0.5, 0.6) is 11.5 Å². The molecule has 0 atom stereocenters. The number of ether oxygens (including phenoxy) is 2. The van der Waals surface area contributed by atoms with Crippen molar-refractivity contribution in [1.82, 2.24) is 4.90 Å². The van der Waals surface area contributed by atoms with E-state index in [1.807, 2.05) is 0 Å². The molecule has 12 nitrogen and oxygen atoms in total. The summed E-state index contributed by atoms with van der Waals surface area (Å²) in [5.41, 5.74) is 3.09. The third kappa shape index (κ3) is 12.1. The van der Waals surface area contributed by atoms with E-state index in [2.05, 4.69) is 12.2 Å². The molecule has 12 heteroatoms. The van der Waals surface area contributed by atoms with Crippen molar-refractivity contribution >= 4 is 41.0 Å². The average molecular weight is 708 g/mol. The normalized spacial score (nSPS) is 10.6. The van der Waals surface area contributed by atoms with E-state index in [0.29, 0.717) is 40.6 Å². The van der Waals surface area contributed by atoms with E-state index < -0.39 is 24.4 Å². The van der Waals surface area contributed by atoms with Crippen molar-refractivity contribution in [3.8, 4) is 11.5 Å². The molecule has 0 saturated heterocycles. The van der Waals surface area contributed by atoms with Crippen LogP contribution in [0.2, 0.25) is 0 Å². The quantitative estimate of drug-likeness (QED) is 0.0164. The maximum Gasteiger partial charge on any atom is 0.343 e. The van der Waals surface area contributed by atoms with Crippen LogP contribution < -0.4 is 25.6 Å². The maximum atomic E-state index is 13.4. The van der Waals surface area contributed by atoms with Gasteiger partial charge in [0.2, 0.25) is 5.91 Å². The van der Waals surface area contributed by atoms with E-state index in [4.69, 9.17) is 20.7 Å². The summed E-state index contributed by atoms with van der Waals surface area (Å²) < 4.78 is 11.3. The zero-order valence-corrected chi connectivity index (χ0v) is 29.5. The number of amides is 2. The fourth-order valence-corrected chi connectivity index (χ4v) is 5.23.